The molecule has 3 aromatic rings. The average Bonchev–Trinajstić information content (AvgIpc) is 3.38. The molecule has 2 aliphatic heterocycles. The Hall–Kier alpha value is -3.33. The zero-order valence-electron chi connectivity index (χ0n) is 14.3. The minimum Gasteiger partial charge on any atom is -0.454 e. The molecule has 0 atom stereocenters. The molecular formula is C18H16N4O5. The lowest BCUT2D eigenvalue weighted by molar-refractivity contribution is 0.102. The second-order valence-corrected chi connectivity index (χ2v) is 6.22. The third-order valence-electron chi connectivity index (χ3n) is 4.63. The maximum absolute atomic E-state index is 12.7. The Morgan fingerprint density at radius 1 is 1.00 bits per heavy atom. The number of aromatic nitrogens is 2. The first-order chi connectivity index (χ1) is 13.3. The monoisotopic (exact) mass is 368 g/mol. The normalized spacial score (nSPS) is 15.9. The van der Waals surface area contributed by atoms with E-state index in [2.05, 4.69) is 20.5 Å². The van der Waals surface area contributed by atoms with Gasteiger partial charge in [0.05, 0.1) is 24.6 Å². The van der Waals surface area contributed by atoms with Crippen molar-refractivity contribution in [1.29, 1.82) is 0 Å². The van der Waals surface area contributed by atoms with Gasteiger partial charge in [-0.25, -0.2) is 4.63 Å². The predicted octanol–water partition coefficient (Wildman–Crippen LogP) is 2.04. The number of hydrogen-bond donors (Lipinski definition) is 1. The molecule has 5 rings (SSSR count). The number of amides is 1. The Bertz CT molecular complexity index is 1010. The standard InChI is InChI=1S/C18H16N4O5/c23-18(11-1-4-14-15(9-11)26-10-25-14)19-12-2-3-13(17-16(12)20-27-21-17)22-5-7-24-8-6-22/h1-4,9H,5-8,10H2,(H,19,23). The average molecular weight is 368 g/mol. The van der Waals surface area contributed by atoms with Crippen molar-refractivity contribution in [3.63, 3.8) is 0 Å². The third-order valence-corrected chi connectivity index (χ3v) is 4.63. The van der Waals surface area contributed by atoms with E-state index in [1.807, 2.05) is 12.1 Å². The van der Waals surface area contributed by atoms with E-state index in [4.69, 9.17) is 18.8 Å². The van der Waals surface area contributed by atoms with Gasteiger partial charge in [-0.05, 0) is 40.6 Å². The highest BCUT2D eigenvalue weighted by molar-refractivity contribution is 6.09. The number of ether oxygens (including phenoxy) is 3. The Morgan fingerprint density at radius 3 is 2.70 bits per heavy atom. The second kappa shape index (κ2) is 6.44. The van der Waals surface area contributed by atoms with E-state index in [1.165, 1.54) is 0 Å². The van der Waals surface area contributed by atoms with Gasteiger partial charge in [-0.1, -0.05) is 0 Å². The van der Waals surface area contributed by atoms with E-state index in [0.717, 1.165) is 18.8 Å². The fourth-order valence-corrected chi connectivity index (χ4v) is 3.25. The number of nitrogens with zero attached hydrogens (tertiary/aromatic N) is 3. The zero-order valence-corrected chi connectivity index (χ0v) is 14.3. The molecule has 1 fully saturated rings. The first kappa shape index (κ1) is 15.9. The molecular weight excluding hydrogens is 352 g/mol. The van der Waals surface area contributed by atoms with Gasteiger partial charge in [-0.3, -0.25) is 4.79 Å². The topological polar surface area (TPSA) is 99.0 Å². The minimum absolute atomic E-state index is 0.161. The van der Waals surface area contributed by atoms with Crippen LogP contribution in [0.3, 0.4) is 0 Å². The zero-order chi connectivity index (χ0) is 18.2. The van der Waals surface area contributed by atoms with Crippen LogP contribution in [0.2, 0.25) is 0 Å². The summed E-state index contributed by atoms with van der Waals surface area (Å²) in [4.78, 5) is 14.8. The molecule has 0 saturated carbocycles. The van der Waals surface area contributed by atoms with Gasteiger partial charge in [0, 0.05) is 18.7 Å². The largest absolute Gasteiger partial charge is 0.454 e. The van der Waals surface area contributed by atoms with Crippen LogP contribution in [0.5, 0.6) is 11.5 Å². The van der Waals surface area contributed by atoms with Gasteiger partial charge in [-0.2, -0.15) is 0 Å². The molecule has 1 N–H and O–H groups in total. The summed E-state index contributed by atoms with van der Waals surface area (Å²) in [7, 11) is 0. The van der Waals surface area contributed by atoms with Crippen LogP contribution >= 0.6 is 0 Å². The summed E-state index contributed by atoms with van der Waals surface area (Å²) in [6.07, 6.45) is 0. The molecule has 1 aromatic heterocycles. The lowest BCUT2D eigenvalue weighted by Gasteiger charge is -2.28. The Kier molecular flexibility index (Phi) is 3.79. The summed E-state index contributed by atoms with van der Waals surface area (Å²) in [6, 6.07) is 8.77. The Morgan fingerprint density at radius 2 is 1.81 bits per heavy atom. The Balaban J connectivity index is 1.43. The maximum Gasteiger partial charge on any atom is 0.255 e. The number of rotatable bonds is 3. The molecule has 2 aromatic carbocycles. The highest BCUT2D eigenvalue weighted by Crippen LogP contribution is 2.34. The van der Waals surface area contributed by atoms with Crippen LogP contribution in [0, 0.1) is 0 Å². The summed E-state index contributed by atoms with van der Waals surface area (Å²) >= 11 is 0. The van der Waals surface area contributed by atoms with E-state index >= 15 is 0 Å². The van der Waals surface area contributed by atoms with Crippen LogP contribution in [0.25, 0.3) is 11.0 Å². The SMILES string of the molecule is O=C(Nc1ccc(N2CCOCC2)c2nonc12)c1ccc2c(c1)OCO2. The van der Waals surface area contributed by atoms with Crippen LogP contribution in [0.1, 0.15) is 10.4 Å². The van der Waals surface area contributed by atoms with Crippen molar-refractivity contribution < 1.29 is 23.6 Å². The number of morpholine rings is 1. The molecule has 3 heterocycles. The van der Waals surface area contributed by atoms with Gasteiger partial charge in [-0.15, -0.1) is 0 Å². The third kappa shape index (κ3) is 2.81. The lowest BCUT2D eigenvalue weighted by atomic mass is 10.1. The van der Waals surface area contributed by atoms with Crippen LogP contribution in [-0.4, -0.2) is 49.3 Å². The van der Waals surface area contributed by atoms with Gasteiger partial charge in [0.25, 0.3) is 5.91 Å². The van der Waals surface area contributed by atoms with E-state index in [-0.39, 0.29) is 12.7 Å². The quantitative estimate of drug-likeness (QED) is 0.750. The molecule has 1 saturated heterocycles. The van der Waals surface area contributed by atoms with E-state index in [1.54, 1.807) is 18.2 Å². The van der Waals surface area contributed by atoms with Crippen LogP contribution in [0.4, 0.5) is 11.4 Å². The smallest absolute Gasteiger partial charge is 0.255 e. The maximum atomic E-state index is 12.7. The van der Waals surface area contributed by atoms with Gasteiger partial charge in [0.15, 0.2) is 22.5 Å². The highest BCUT2D eigenvalue weighted by Gasteiger charge is 2.21. The van der Waals surface area contributed by atoms with Gasteiger partial charge >= 0.3 is 0 Å². The highest BCUT2D eigenvalue weighted by atomic mass is 16.7. The molecule has 0 spiro atoms. The molecule has 0 bridgehead atoms. The van der Waals surface area contributed by atoms with E-state index < -0.39 is 0 Å². The fourth-order valence-electron chi connectivity index (χ4n) is 3.25. The molecule has 9 nitrogen and oxygen atoms in total. The second-order valence-electron chi connectivity index (χ2n) is 6.22. The Labute approximate surface area is 153 Å². The van der Waals surface area contributed by atoms with Crippen molar-refractivity contribution in [2.24, 2.45) is 0 Å². The predicted molar refractivity (Wildman–Crippen MR) is 95.4 cm³/mol. The molecule has 27 heavy (non-hydrogen) atoms. The molecule has 0 unspecified atom stereocenters. The van der Waals surface area contributed by atoms with Crippen LogP contribution in [0.15, 0.2) is 35.0 Å². The van der Waals surface area contributed by atoms with E-state index in [0.29, 0.717) is 47.0 Å². The molecule has 138 valence electrons. The summed E-state index contributed by atoms with van der Waals surface area (Å²) in [5, 5.41) is 10.9. The lowest BCUT2D eigenvalue weighted by Crippen LogP contribution is -2.36. The number of carbonyl (C=O) groups is 1. The van der Waals surface area contributed by atoms with Crippen molar-refractivity contribution in [1.82, 2.24) is 10.3 Å². The molecule has 1 amide bonds. The van der Waals surface area contributed by atoms with Gasteiger partial charge in [0.1, 0.15) is 0 Å². The van der Waals surface area contributed by atoms with Crippen LogP contribution < -0.4 is 19.7 Å². The number of nitrogens with one attached hydrogen (secondary N) is 1. The minimum atomic E-state index is -0.281. The van der Waals surface area contributed by atoms with Gasteiger partial charge < -0.3 is 24.4 Å². The number of hydrogen-bond acceptors (Lipinski definition) is 8. The number of fused-ring (bicyclic) bond motifs is 2. The summed E-state index contributed by atoms with van der Waals surface area (Å²) in [5.41, 5.74) is 3.02. The first-order valence-corrected chi connectivity index (χ1v) is 8.58. The molecule has 9 heteroatoms. The fraction of sp³-hybridized carbons (Fsp3) is 0.278. The summed E-state index contributed by atoms with van der Waals surface area (Å²) in [5.74, 6) is 0.903. The van der Waals surface area contributed by atoms with Crippen molar-refractivity contribution in [3.05, 3.63) is 35.9 Å². The van der Waals surface area contributed by atoms with Crippen LogP contribution in [-0.2, 0) is 4.74 Å². The van der Waals surface area contributed by atoms with Crippen molar-refractivity contribution >= 4 is 28.3 Å². The number of anilines is 2. The van der Waals surface area contributed by atoms with Gasteiger partial charge in [0.2, 0.25) is 6.79 Å². The summed E-state index contributed by atoms with van der Waals surface area (Å²) in [6.45, 7) is 3.02. The number of benzene rings is 2. The number of carbonyl (C=O) groups excluding carboxylic acids is 1. The van der Waals surface area contributed by atoms with Crippen molar-refractivity contribution in [2.45, 2.75) is 0 Å². The van der Waals surface area contributed by atoms with Crippen molar-refractivity contribution in [2.75, 3.05) is 43.3 Å². The van der Waals surface area contributed by atoms with Crippen molar-refractivity contribution in [3.8, 4) is 11.5 Å². The molecule has 0 aliphatic carbocycles. The molecule has 2 aliphatic rings. The summed E-state index contributed by atoms with van der Waals surface area (Å²) < 4.78 is 20.9. The first-order valence-electron chi connectivity index (χ1n) is 8.58. The van der Waals surface area contributed by atoms with E-state index in [9.17, 15) is 4.79 Å². The molecule has 0 radical (unpaired) electrons.